The lowest BCUT2D eigenvalue weighted by molar-refractivity contribution is -0.121. The molecule has 1 aliphatic carbocycles. The van der Waals surface area contributed by atoms with Crippen LogP contribution in [0.1, 0.15) is 39.0 Å². The van der Waals surface area contributed by atoms with Crippen LogP contribution in [-0.2, 0) is 11.3 Å². The monoisotopic (exact) mass is 400 g/mol. The first-order chi connectivity index (χ1) is 13.6. The second-order valence-electron chi connectivity index (χ2n) is 7.01. The van der Waals surface area contributed by atoms with Gasteiger partial charge >= 0.3 is 0 Å². The molecule has 1 N–H and O–H groups in total. The fourth-order valence-electron chi connectivity index (χ4n) is 3.48. The molecule has 1 atom stereocenters. The number of ether oxygens (including phenoxy) is 1. The number of methoxy groups -OCH3 is 1. The molecule has 1 saturated carbocycles. The van der Waals surface area contributed by atoms with Gasteiger partial charge in [-0.05, 0) is 31.9 Å². The Kier molecular flexibility index (Phi) is 7.14. The van der Waals surface area contributed by atoms with Crippen molar-refractivity contribution in [1.82, 2.24) is 20.1 Å². The van der Waals surface area contributed by atoms with Crippen molar-refractivity contribution in [3.05, 3.63) is 36.9 Å². The van der Waals surface area contributed by atoms with Gasteiger partial charge in [-0.15, -0.1) is 16.8 Å². The van der Waals surface area contributed by atoms with Crippen LogP contribution in [0.4, 0.5) is 0 Å². The van der Waals surface area contributed by atoms with Gasteiger partial charge < -0.3 is 10.1 Å². The molecule has 1 fully saturated rings. The standard InChI is InChI=1S/C21H28N4O2S/c1-4-14-25-19(17-12-8-9-13-18(17)27-3)23-24-21(25)28-15(2)20(26)22-16-10-6-5-7-11-16/h4,8-9,12-13,15-16H,1,5-7,10-11,14H2,2-3H3,(H,22,26). The molecule has 1 aromatic carbocycles. The number of rotatable bonds is 8. The summed E-state index contributed by atoms with van der Waals surface area (Å²) in [7, 11) is 1.64. The minimum atomic E-state index is -0.250. The van der Waals surface area contributed by atoms with Crippen LogP contribution in [0.25, 0.3) is 11.4 Å². The molecular weight excluding hydrogens is 372 g/mol. The number of hydrogen-bond donors (Lipinski definition) is 1. The Morgan fingerprint density at radius 3 is 2.82 bits per heavy atom. The fourth-order valence-corrected chi connectivity index (χ4v) is 4.34. The Morgan fingerprint density at radius 1 is 1.36 bits per heavy atom. The molecule has 0 spiro atoms. The van der Waals surface area contributed by atoms with Gasteiger partial charge in [0, 0.05) is 12.6 Å². The zero-order chi connectivity index (χ0) is 19.9. The van der Waals surface area contributed by atoms with Crippen molar-refractivity contribution >= 4 is 17.7 Å². The van der Waals surface area contributed by atoms with Gasteiger partial charge in [0.15, 0.2) is 11.0 Å². The number of allylic oxidation sites excluding steroid dienone is 1. The van der Waals surface area contributed by atoms with E-state index in [1.54, 1.807) is 13.2 Å². The lowest BCUT2D eigenvalue weighted by Crippen LogP contribution is -2.40. The highest BCUT2D eigenvalue weighted by Crippen LogP contribution is 2.32. The van der Waals surface area contributed by atoms with Crippen molar-refractivity contribution in [2.45, 2.75) is 62.0 Å². The van der Waals surface area contributed by atoms with E-state index in [1.165, 1.54) is 31.0 Å². The molecule has 7 heteroatoms. The Bertz CT molecular complexity index is 814. The number of amides is 1. The summed E-state index contributed by atoms with van der Waals surface area (Å²) >= 11 is 1.42. The number of aromatic nitrogens is 3. The van der Waals surface area contributed by atoms with Gasteiger partial charge in [0.25, 0.3) is 0 Å². The predicted octanol–water partition coefficient (Wildman–Crippen LogP) is 4.07. The summed E-state index contributed by atoms with van der Waals surface area (Å²) in [5.74, 6) is 1.50. The quantitative estimate of drug-likeness (QED) is 0.534. The molecule has 150 valence electrons. The first kappa shape index (κ1) is 20.5. The van der Waals surface area contributed by atoms with Crippen LogP contribution in [0.5, 0.6) is 5.75 Å². The summed E-state index contributed by atoms with van der Waals surface area (Å²) in [6.07, 6.45) is 7.62. The molecule has 0 saturated heterocycles. The third-order valence-electron chi connectivity index (χ3n) is 4.98. The smallest absolute Gasteiger partial charge is 0.233 e. The molecule has 28 heavy (non-hydrogen) atoms. The van der Waals surface area contributed by atoms with Gasteiger partial charge in [-0.2, -0.15) is 0 Å². The maximum Gasteiger partial charge on any atom is 0.233 e. The van der Waals surface area contributed by atoms with Crippen molar-refractivity contribution < 1.29 is 9.53 Å². The maximum atomic E-state index is 12.6. The lowest BCUT2D eigenvalue weighted by Gasteiger charge is -2.24. The summed E-state index contributed by atoms with van der Waals surface area (Å²) in [6, 6.07) is 8.02. The van der Waals surface area contributed by atoms with E-state index >= 15 is 0 Å². The lowest BCUT2D eigenvalue weighted by atomic mass is 9.95. The van der Waals surface area contributed by atoms with Crippen LogP contribution in [0.3, 0.4) is 0 Å². The van der Waals surface area contributed by atoms with Crippen molar-refractivity contribution in [1.29, 1.82) is 0 Å². The van der Waals surface area contributed by atoms with Gasteiger partial charge in [-0.1, -0.05) is 49.2 Å². The highest BCUT2D eigenvalue weighted by atomic mass is 32.2. The molecule has 0 aliphatic heterocycles. The van der Waals surface area contributed by atoms with E-state index in [-0.39, 0.29) is 11.2 Å². The van der Waals surface area contributed by atoms with Crippen LogP contribution in [0.2, 0.25) is 0 Å². The molecule has 2 aromatic rings. The van der Waals surface area contributed by atoms with Crippen LogP contribution in [0.15, 0.2) is 42.1 Å². The number of nitrogens with one attached hydrogen (secondary N) is 1. The molecule has 1 aromatic heterocycles. The van der Waals surface area contributed by atoms with Crippen molar-refractivity contribution in [2.24, 2.45) is 0 Å². The van der Waals surface area contributed by atoms with E-state index in [9.17, 15) is 4.79 Å². The van der Waals surface area contributed by atoms with Crippen LogP contribution in [0, 0.1) is 0 Å². The predicted molar refractivity (Wildman–Crippen MR) is 113 cm³/mol. The number of nitrogens with zero attached hydrogens (tertiary/aromatic N) is 3. The summed E-state index contributed by atoms with van der Waals surface area (Å²) in [5.41, 5.74) is 0.866. The number of carbonyl (C=O) groups is 1. The SMILES string of the molecule is C=CCn1c(SC(C)C(=O)NC2CCCCC2)nnc1-c1ccccc1OC. The minimum Gasteiger partial charge on any atom is -0.496 e. The summed E-state index contributed by atoms with van der Waals surface area (Å²) in [4.78, 5) is 12.6. The molecule has 0 bridgehead atoms. The van der Waals surface area contributed by atoms with Gasteiger partial charge in [-0.25, -0.2) is 0 Å². The van der Waals surface area contributed by atoms with Gasteiger partial charge in [0.05, 0.1) is 17.9 Å². The third kappa shape index (κ3) is 4.76. The number of carbonyl (C=O) groups excluding carboxylic acids is 1. The Balaban J connectivity index is 1.77. The van der Waals surface area contributed by atoms with E-state index in [1.807, 2.05) is 35.8 Å². The average molecular weight is 401 g/mol. The highest BCUT2D eigenvalue weighted by molar-refractivity contribution is 8.00. The van der Waals surface area contributed by atoms with Crippen LogP contribution >= 0.6 is 11.8 Å². The second-order valence-corrected chi connectivity index (χ2v) is 8.32. The van der Waals surface area contributed by atoms with Gasteiger partial charge in [0.1, 0.15) is 5.75 Å². The summed E-state index contributed by atoms with van der Waals surface area (Å²) < 4.78 is 7.44. The molecular formula is C21H28N4O2S. The largest absolute Gasteiger partial charge is 0.496 e. The molecule has 1 amide bonds. The fraction of sp³-hybridized carbons (Fsp3) is 0.476. The second kappa shape index (κ2) is 9.78. The highest BCUT2D eigenvalue weighted by Gasteiger charge is 2.24. The first-order valence-corrected chi connectivity index (χ1v) is 10.7. The Hall–Kier alpha value is -2.28. The van der Waals surface area contributed by atoms with E-state index in [0.29, 0.717) is 23.6 Å². The molecule has 1 unspecified atom stereocenters. The average Bonchev–Trinajstić information content (AvgIpc) is 3.11. The van der Waals surface area contributed by atoms with E-state index < -0.39 is 0 Å². The zero-order valence-electron chi connectivity index (χ0n) is 16.6. The molecule has 3 rings (SSSR count). The minimum absolute atomic E-state index is 0.0592. The molecule has 1 heterocycles. The van der Waals surface area contributed by atoms with E-state index in [2.05, 4.69) is 22.1 Å². The summed E-state index contributed by atoms with van der Waals surface area (Å²) in [5, 5.41) is 12.4. The van der Waals surface area contributed by atoms with Crippen molar-refractivity contribution in [3.8, 4) is 17.1 Å². The number of hydrogen-bond acceptors (Lipinski definition) is 5. The normalized spacial score (nSPS) is 15.8. The Morgan fingerprint density at radius 2 is 2.11 bits per heavy atom. The first-order valence-electron chi connectivity index (χ1n) is 9.78. The van der Waals surface area contributed by atoms with Crippen LogP contribution < -0.4 is 10.1 Å². The zero-order valence-corrected chi connectivity index (χ0v) is 17.4. The number of thioether (sulfide) groups is 1. The van der Waals surface area contributed by atoms with Crippen LogP contribution in [-0.4, -0.2) is 39.1 Å². The van der Waals surface area contributed by atoms with Gasteiger partial charge in [0.2, 0.25) is 5.91 Å². The van der Waals surface area contributed by atoms with E-state index in [4.69, 9.17) is 4.74 Å². The maximum absolute atomic E-state index is 12.6. The van der Waals surface area contributed by atoms with Crippen molar-refractivity contribution in [2.75, 3.05) is 7.11 Å². The van der Waals surface area contributed by atoms with Crippen molar-refractivity contribution in [3.63, 3.8) is 0 Å². The molecule has 0 radical (unpaired) electrons. The topological polar surface area (TPSA) is 69.0 Å². The Labute approximate surface area is 170 Å². The van der Waals surface area contributed by atoms with Gasteiger partial charge in [-0.3, -0.25) is 9.36 Å². The van der Waals surface area contributed by atoms with E-state index in [0.717, 1.165) is 24.2 Å². The number of benzene rings is 1. The number of para-hydroxylation sites is 1. The molecule has 1 aliphatic rings. The summed E-state index contributed by atoms with van der Waals surface area (Å²) in [6.45, 7) is 6.32. The molecule has 6 nitrogen and oxygen atoms in total. The third-order valence-corrected chi connectivity index (χ3v) is 6.06.